The first-order valence-electron chi connectivity index (χ1n) is 5.83. The SMILES string of the molecule is CNCC(C)C(=O)N(C)C(C)C1(C)CC1.Cl. The summed E-state index contributed by atoms with van der Waals surface area (Å²) in [6.45, 7) is 7.17. The largest absolute Gasteiger partial charge is 0.342 e. The van der Waals surface area contributed by atoms with Crippen molar-refractivity contribution in [3.8, 4) is 0 Å². The first kappa shape index (κ1) is 15.7. The fraction of sp³-hybridized carbons (Fsp3) is 0.917. The summed E-state index contributed by atoms with van der Waals surface area (Å²) in [7, 11) is 3.82. The van der Waals surface area contributed by atoms with E-state index in [1.54, 1.807) is 0 Å². The summed E-state index contributed by atoms with van der Waals surface area (Å²) in [4.78, 5) is 14.0. The summed E-state index contributed by atoms with van der Waals surface area (Å²) in [5.74, 6) is 0.328. The van der Waals surface area contributed by atoms with Gasteiger partial charge in [0.1, 0.15) is 0 Å². The summed E-state index contributed by atoms with van der Waals surface area (Å²) in [6.07, 6.45) is 2.51. The zero-order chi connectivity index (χ0) is 11.6. The van der Waals surface area contributed by atoms with Gasteiger partial charge in [-0.25, -0.2) is 0 Å². The van der Waals surface area contributed by atoms with E-state index in [0.717, 1.165) is 6.54 Å². The molecule has 0 saturated heterocycles. The maximum absolute atomic E-state index is 12.0. The molecule has 1 saturated carbocycles. The number of carbonyl (C=O) groups excluding carboxylic acids is 1. The van der Waals surface area contributed by atoms with Crippen molar-refractivity contribution in [3.05, 3.63) is 0 Å². The molecule has 2 atom stereocenters. The van der Waals surface area contributed by atoms with E-state index < -0.39 is 0 Å². The van der Waals surface area contributed by atoms with Gasteiger partial charge in [0, 0.05) is 25.6 Å². The molecule has 0 aliphatic heterocycles. The molecule has 0 heterocycles. The minimum Gasteiger partial charge on any atom is -0.342 e. The quantitative estimate of drug-likeness (QED) is 0.806. The van der Waals surface area contributed by atoms with Crippen molar-refractivity contribution in [2.24, 2.45) is 11.3 Å². The summed E-state index contributed by atoms with van der Waals surface area (Å²) in [5, 5.41) is 3.05. The molecule has 0 bridgehead atoms. The van der Waals surface area contributed by atoms with Crippen LogP contribution >= 0.6 is 12.4 Å². The number of hydrogen-bond acceptors (Lipinski definition) is 2. The molecule has 3 nitrogen and oxygen atoms in total. The minimum atomic E-state index is 0. The number of rotatable bonds is 5. The Kier molecular flexibility index (Phi) is 5.77. The minimum absolute atomic E-state index is 0. The number of nitrogens with zero attached hydrogens (tertiary/aromatic N) is 1. The normalized spacial score (nSPS) is 20.6. The van der Waals surface area contributed by atoms with Crippen LogP contribution in [0.25, 0.3) is 0 Å². The molecule has 0 aromatic heterocycles. The van der Waals surface area contributed by atoms with E-state index in [2.05, 4.69) is 19.2 Å². The van der Waals surface area contributed by atoms with E-state index in [1.807, 2.05) is 25.9 Å². The van der Waals surface area contributed by atoms with E-state index in [1.165, 1.54) is 12.8 Å². The van der Waals surface area contributed by atoms with Gasteiger partial charge in [0.25, 0.3) is 0 Å². The highest BCUT2D eigenvalue weighted by Gasteiger charge is 2.45. The van der Waals surface area contributed by atoms with E-state index in [4.69, 9.17) is 0 Å². The van der Waals surface area contributed by atoms with Gasteiger partial charge in [-0.15, -0.1) is 12.4 Å². The van der Waals surface area contributed by atoms with Crippen LogP contribution in [0.1, 0.15) is 33.6 Å². The predicted molar refractivity (Wildman–Crippen MR) is 69.9 cm³/mol. The third-order valence-corrected chi connectivity index (χ3v) is 3.91. The second-order valence-corrected chi connectivity index (χ2v) is 5.24. The maximum Gasteiger partial charge on any atom is 0.226 e. The summed E-state index contributed by atoms with van der Waals surface area (Å²) in [5.41, 5.74) is 0.379. The molecule has 1 N–H and O–H groups in total. The number of halogens is 1. The van der Waals surface area contributed by atoms with Crippen molar-refractivity contribution >= 4 is 18.3 Å². The van der Waals surface area contributed by atoms with Gasteiger partial charge in [-0.1, -0.05) is 13.8 Å². The van der Waals surface area contributed by atoms with Crippen LogP contribution < -0.4 is 5.32 Å². The second kappa shape index (κ2) is 5.87. The third kappa shape index (κ3) is 3.36. The number of nitrogens with one attached hydrogen (secondary N) is 1. The zero-order valence-corrected chi connectivity index (χ0v) is 11.9. The van der Waals surface area contributed by atoms with Crippen molar-refractivity contribution < 1.29 is 4.79 Å². The number of hydrogen-bond donors (Lipinski definition) is 1. The van der Waals surface area contributed by atoms with Gasteiger partial charge in [0.15, 0.2) is 0 Å². The number of carbonyl (C=O) groups is 1. The monoisotopic (exact) mass is 248 g/mol. The fourth-order valence-corrected chi connectivity index (χ4v) is 2.01. The molecular formula is C12H25ClN2O. The molecule has 0 aromatic rings. The number of amides is 1. The molecule has 0 spiro atoms. The third-order valence-electron chi connectivity index (χ3n) is 3.91. The first-order valence-corrected chi connectivity index (χ1v) is 5.83. The van der Waals surface area contributed by atoms with Crippen LogP contribution in [0.5, 0.6) is 0 Å². The highest BCUT2D eigenvalue weighted by Crippen LogP contribution is 2.49. The molecule has 4 heteroatoms. The van der Waals surface area contributed by atoms with Gasteiger partial charge in [0.05, 0.1) is 0 Å². The highest BCUT2D eigenvalue weighted by atomic mass is 35.5. The lowest BCUT2D eigenvalue weighted by Gasteiger charge is -2.32. The molecule has 0 aromatic carbocycles. The lowest BCUT2D eigenvalue weighted by molar-refractivity contribution is -0.136. The van der Waals surface area contributed by atoms with Crippen LogP contribution in [0.15, 0.2) is 0 Å². The Bertz CT molecular complexity index is 241. The van der Waals surface area contributed by atoms with Gasteiger partial charge in [-0.2, -0.15) is 0 Å². The van der Waals surface area contributed by atoms with Crippen molar-refractivity contribution in [2.75, 3.05) is 20.6 Å². The average Bonchev–Trinajstić information content (AvgIpc) is 2.95. The van der Waals surface area contributed by atoms with E-state index in [9.17, 15) is 4.79 Å². The smallest absolute Gasteiger partial charge is 0.226 e. The molecule has 1 fully saturated rings. The predicted octanol–water partition coefficient (Wildman–Crippen LogP) is 1.91. The molecule has 1 aliphatic carbocycles. The van der Waals surface area contributed by atoms with E-state index in [-0.39, 0.29) is 24.2 Å². The van der Waals surface area contributed by atoms with Crippen LogP contribution in [-0.2, 0) is 4.79 Å². The van der Waals surface area contributed by atoms with Gasteiger partial charge in [0.2, 0.25) is 5.91 Å². The molecule has 1 aliphatic rings. The lowest BCUT2D eigenvalue weighted by Crippen LogP contribution is -2.44. The van der Waals surface area contributed by atoms with Crippen molar-refractivity contribution in [2.45, 2.75) is 39.7 Å². The van der Waals surface area contributed by atoms with Gasteiger partial charge >= 0.3 is 0 Å². The maximum atomic E-state index is 12.0. The Balaban J connectivity index is 0.00000225. The molecule has 1 amide bonds. The Morgan fingerprint density at radius 3 is 2.31 bits per heavy atom. The standard InChI is InChI=1S/C12H24N2O.ClH/c1-9(8-13-4)11(15)14(5)10(2)12(3)6-7-12;/h9-10,13H,6-8H2,1-5H3;1H. The van der Waals surface area contributed by atoms with E-state index >= 15 is 0 Å². The van der Waals surface area contributed by atoms with Crippen LogP contribution in [0.3, 0.4) is 0 Å². The fourth-order valence-electron chi connectivity index (χ4n) is 2.01. The molecule has 0 radical (unpaired) electrons. The van der Waals surface area contributed by atoms with Crippen LogP contribution in [0, 0.1) is 11.3 Å². The Labute approximate surface area is 105 Å². The summed E-state index contributed by atoms with van der Waals surface area (Å²) < 4.78 is 0. The first-order chi connectivity index (χ1) is 6.92. The Morgan fingerprint density at radius 1 is 1.44 bits per heavy atom. The summed E-state index contributed by atoms with van der Waals surface area (Å²) in [6, 6.07) is 0.365. The van der Waals surface area contributed by atoms with Crippen LogP contribution in [0.2, 0.25) is 0 Å². The Morgan fingerprint density at radius 2 is 1.94 bits per heavy atom. The van der Waals surface area contributed by atoms with Crippen molar-refractivity contribution in [3.63, 3.8) is 0 Å². The lowest BCUT2D eigenvalue weighted by atomic mass is 9.98. The molecular weight excluding hydrogens is 224 g/mol. The van der Waals surface area contributed by atoms with Gasteiger partial charge in [-0.3, -0.25) is 4.79 Å². The zero-order valence-electron chi connectivity index (χ0n) is 11.0. The van der Waals surface area contributed by atoms with Crippen LogP contribution in [0.4, 0.5) is 0 Å². The topological polar surface area (TPSA) is 32.3 Å². The Hall–Kier alpha value is -0.280. The second-order valence-electron chi connectivity index (χ2n) is 5.24. The highest BCUT2D eigenvalue weighted by molar-refractivity contribution is 5.85. The van der Waals surface area contributed by atoms with E-state index in [0.29, 0.717) is 11.5 Å². The molecule has 1 rings (SSSR count). The van der Waals surface area contributed by atoms with Gasteiger partial charge in [-0.05, 0) is 32.2 Å². The average molecular weight is 249 g/mol. The summed E-state index contributed by atoms with van der Waals surface area (Å²) >= 11 is 0. The molecule has 16 heavy (non-hydrogen) atoms. The molecule has 96 valence electrons. The van der Waals surface area contributed by atoms with Crippen molar-refractivity contribution in [1.29, 1.82) is 0 Å². The molecule has 2 unspecified atom stereocenters. The van der Waals surface area contributed by atoms with Crippen molar-refractivity contribution in [1.82, 2.24) is 10.2 Å². The van der Waals surface area contributed by atoms with Gasteiger partial charge < -0.3 is 10.2 Å². The van der Waals surface area contributed by atoms with Crippen LogP contribution in [-0.4, -0.2) is 37.5 Å².